The lowest BCUT2D eigenvalue weighted by atomic mass is 9.77. The third-order valence-corrected chi connectivity index (χ3v) is 4.93. The lowest BCUT2D eigenvalue weighted by molar-refractivity contribution is 0.243. The van der Waals surface area contributed by atoms with E-state index >= 15 is 0 Å². The highest BCUT2D eigenvalue weighted by Crippen LogP contribution is 2.36. The van der Waals surface area contributed by atoms with Gasteiger partial charge in [0.25, 0.3) is 0 Å². The first kappa shape index (κ1) is 12.5. The van der Waals surface area contributed by atoms with E-state index in [1.807, 2.05) is 0 Å². The fourth-order valence-electron chi connectivity index (χ4n) is 2.21. The standard InChI is InChI=1S/C10H20O2S2/c1-7-3-4-9(5-10(7)13)8(2)6-14(11)12/h7-10,13H,3-6H2,1-2H3,(H,11,12). The molecule has 84 valence electrons. The number of hydrogen-bond donors (Lipinski definition) is 2. The molecule has 0 saturated heterocycles. The maximum Gasteiger partial charge on any atom is 0.153 e. The quantitative estimate of drug-likeness (QED) is 0.584. The molecule has 1 aliphatic carbocycles. The Morgan fingerprint density at radius 1 is 1.57 bits per heavy atom. The zero-order valence-electron chi connectivity index (χ0n) is 8.85. The molecular formula is C10H20O2S2. The van der Waals surface area contributed by atoms with Crippen LogP contribution in [-0.2, 0) is 11.1 Å². The molecule has 14 heavy (non-hydrogen) atoms. The molecule has 0 aromatic carbocycles. The monoisotopic (exact) mass is 236 g/mol. The largest absolute Gasteiger partial charge is 0.306 e. The van der Waals surface area contributed by atoms with Crippen molar-refractivity contribution in [3.63, 3.8) is 0 Å². The van der Waals surface area contributed by atoms with E-state index in [9.17, 15) is 4.21 Å². The van der Waals surface area contributed by atoms with Gasteiger partial charge in [0.2, 0.25) is 0 Å². The zero-order valence-corrected chi connectivity index (χ0v) is 10.6. The van der Waals surface area contributed by atoms with Crippen molar-refractivity contribution in [2.75, 3.05) is 5.75 Å². The van der Waals surface area contributed by atoms with Gasteiger partial charge in [-0.3, -0.25) is 0 Å². The molecule has 0 spiro atoms. The van der Waals surface area contributed by atoms with Crippen molar-refractivity contribution in [1.82, 2.24) is 0 Å². The van der Waals surface area contributed by atoms with E-state index in [4.69, 9.17) is 4.55 Å². The number of hydrogen-bond acceptors (Lipinski definition) is 2. The van der Waals surface area contributed by atoms with E-state index in [-0.39, 0.29) is 0 Å². The molecule has 2 nitrogen and oxygen atoms in total. The Hall–Kier alpha value is 0.460. The lowest BCUT2D eigenvalue weighted by Crippen LogP contribution is -2.29. The fourth-order valence-corrected chi connectivity index (χ4v) is 3.35. The molecule has 1 aliphatic rings. The normalized spacial score (nSPS) is 37.9. The van der Waals surface area contributed by atoms with E-state index in [1.54, 1.807) is 0 Å². The summed E-state index contributed by atoms with van der Waals surface area (Å²) in [5.74, 6) is 2.05. The summed E-state index contributed by atoms with van der Waals surface area (Å²) in [7, 11) is 0. The van der Waals surface area contributed by atoms with Crippen LogP contribution in [-0.4, -0.2) is 19.8 Å². The molecule has 0 amide bonds. The Morgan fingerprint density at radius 3 is 2.71 bits per heavy atom. The molecule has 4 heteroatoms. The summed E-state index contributed by atoms with van der Waals surface area (Å²) in [4.78, 5) is 0. The summed E-state index contributed by atoms with van der Waals surface area (Å²) in [5, 5.41) is 0.475. The first-order valence-electron chi connectivity index (χ1n) is 5.26. The molecule has 0 radical (unpaired) electrons. The van der Waals surface area contributed by atoms with Gasteiger partial charge in [-0.05, 0) is 37.0 Å². The smallest absolute Gasteiger partial charge is 0.153 e. The average molecular weight is 236 g/mol. The highest BCUT2D eigenvalue weighted by Gasteiger charge is 2.29. The second kappa shape index (κ2) is 5.52. The molecule has 0 aliphatic heterocycles. The van der Waals surface area contributed by atoms with Crippen LogP contribution >= 0.6 is 12.6 Å². The predicted octanol–water partition coefficient (Wildman–Crippen LogP) is 2.58. The van der Waals surface area contributed by atoms with Gasteiger partial charge < -0.3 is 4.55 Å². The van der Waals surface area contributed by atoms with E-state index in [1.165, 1.54) is 12.8 Å². The van der Waals surface area contributed by atoms with Crippen LogP contribution in [0.4, 0.5) is 0 Å². The van der Waals surface area contributed by atoms with Gasteiger partial charge in [-0.2, -0.15) is 12.6 Å². The minimum absolute atomic E-state index is 0.350. The Balaban J connectivity index is 2.41. The van der Waals surface area contributed by atoms with Crippen molar-refractivity contribution in [1.29, 1.82) is 0 Å². The molecule has 0 aromatic rings. The van der Waals surface area contributed by atoms with Gasteiger partial charge in [0.1, 0.15) is 0 Å². The van der Waals surface area contributed by atoms with E-state index in [0.717, 1.165) is 6.42 Å². The molecule has 5 unspecified atom stereocenters. The fraction of sp³-hybridized carbons (Fsp3) is 1.00. The first-order chi connectivity index (χ1) is 6.50. The highest BCUT2D eigenvalue weighted by atomic mass is 32.2. The second-order valence-electron chi connectivity index (χ2n) is 4.58. The molecule has 1 saturated carbocycles. The van der Waals surface area contributed by atoms with Crippen LogP contribution in [0.1, 0.15) is 33.1 Å². The van der Waals surface area contributed by atoms with Crippen molar-refractivity contribution in [3.8, 4) is 0 Å². The summed E-state index contributed by atoms with van der Waals surface area (Å²) >= 11 is 2.92. The minimum atomic E-state index is -1.64. The topological polar surface area (TPSA) is 37.3 Å². The van der Waals surface area contributed by atoms with Crippen LogP contribution in [0.5, 0.6) is 0 Å². The zero-order chi connectivity index (χ0) is 10.7. The number of thiol groups is 1. The lowest BCUT2D eigenvalue weighted by Gasteiger charge is -2.34. The van der Waals surface area contributed by atoms with Crippen molar-refractivity contribution < 1.29 is 8.76 Å². The molecule has 1 N–H and O–H groups in total. The summed E-state index contributed by atoms with van der Waals surface area (Å²) < 4.78 is 19.5. The Bertz CT molecular complexity index is 208. The summed E-state index contributed by atoms with van der Waals surface area (Å²) in [5.41, 5.74) is 0. The molecular weight excluding hydrogens is 216 g/mol. The summed E-state index contributed by atoms with van der Waals surface area (Å²) in [6, 6.07) is 0. The van der Waals surface area contributed by atoms with Crippen molar-refractivity contribution in [2.45, 2.75) is 38.4 Å². The third kappa shape index (κ3) is 3.55. The Labute approximate surface area is 94.6 Å². The summed E-state index contributed by atoms with van der Waals surface area (Å²) in [6.45, 7) is 4.32. The molecule has 1 rings (SSSR count). The minimum Gasteiger partial charge on any atom is -0.306 e. The van der Waals surface area contributed by atoms with E-state index < -0.39 is 11.1 Å². The average Bonchev–Trinajstić information content (AvgIpc) is 2.08. The Kier molecular flexibility index (Phi) is 4.94. The van der Waals surface area contributed by atoms with Crippen LogP contribution < -0.4 is 0 Å². The van der Waals surface area contributed by atoms with Crippen LogP contribution in [0.2, 0.25) is 0 Å². The first-order valence-corrected chi connectivity index (χ1v) is 7.05. The van der Waals surface area contributed by atoms with Crippen LogP contribution in [0, 0.1) is 17.8 Å². The summed E-state index contributed by atoms with van der Waals surface area (Å²) in [6.07, 6.45) is 3.50. The SMILES string of the molecule is CC1CCC(C(C)CS(=O)O)CC1S. The second-order valence-corrected chi connectivity index (χ2v) is 6.22. The third-order valence-electron chi connectivity index (χ3n) is 3.40. The molecule has 0 bridgehead atoms. The van der Waals surface area contributed by atoms with Gasteiger partial charge in [-0.1, -0.05) is 13.8 Å². The van der Waals surface area contributed by atoms with E-state index in [0.29, 0.717) is 28.8 Å². The maximum atomic E-state index is 10.7. The molecule has 0 aromatic heterocycles. The molecule has 0 heterocycles. The van der Waals surface area contributed by atoms with Crippen molar-refractivity contribution in [3.05, 3.63) is 0 Å². The van der Waals surface area contributed by atoms with Crippen LogP contribution in [0.25, 0.3) is 0 Å². The Morgan fingerprint density at radius 2 is 2.21 bits per heavy atom. The van der Waals surface area contributed by atoms with E-state index in [2.05, 4.69) is 26.5 Å². The van der Waals surface area contributed by atoms with Crippen molar-refractivity contribution in [2.24, 2.45) is 17.8 Å². The molecule has 1 fully saturated rings. The van der Waals surface area contributed by atoms with Crippen LogP contribution in [0.3, 0.4) is 0 Å². The van der Waals surface area contributed by atoms with Gasteiger partial charge in [-0.25, -0.2) is 4.21 Å². The van der Waals surface area contributed by atoms with Crippen LogP contribution in [0.15, 0.2) is 0 Å². The predicted molar refractivity (Wildman–Crippen MR) is 64.1 cm³/mol. The maximum absolute atomic E-state index is 10.7. The van der Waals surface area contributed by atoms with Gasteiger partial charge in [0.05, 0.1) is 5.75 Å². The van der Waals surface area contributed by atoms with Gasteiger partial charge in [-0.15, -0.1) is 0 Å². The van der Waals surface area contributed by atoms with Gasteiger partial charge in [0.15, 0.2) is 11.1 Å². The van der Waals surface area contributed by atoms with Gasteiger partial charge >= 0.3 is 0 Å². The highest BCUT2D eigenvalue weighted by molar-refractivity contribution is 7.81. The molecule has 5 atom stereocenters. The van der Waals surface area contributed by atoms with Gasteiger partial charge in [0, 0.05) is 5.25 Å². The number of rotatable bonds is 3. The van der Waals surface area contributed by atoms with Crippen molar-refractivity contribution >= 4 is 23.7 Å².